The van der Waals surface area contributed by atoms with Crippen molar-refractivity contribution in [1.82, 2.24) is 19.1 Å². The number of nitrogens with zero attached hydrogens (tertiary/aromatic N) is 4. The average Bonchev–Trinajstić information content (AvgIpc) is 3.09. The maximum absolute atomic E-state index is 12.9. The van der Waals surface area contributed by atoms with Crippen molar-refractivity contribution in [2.24, 2.45) is 0 Å². The number of nitrogens with one attached hydrogen (secondary N) is 2. The number of aliphatic hydroxyl groups excluding tert-OH is 1. The lowest BCUT2D eigenvalue weighted by Crippen LogP contribution is -2.33. The molecule has 0 fully saturated rings. The molecule has 4 aromatic rings. The normalized spacial score (nSPS) is 11.2. The average molecular weight is 380 g/mol. The van der Waals surface area contributed by atoms with E-state index in [1.807, 2.05) is 0 Å². The zero-order valence-corrected chi connectivity index (χ0v) is 14.8. The van der Waals surface area contributed by atoms with Gasteiger partial charge in [-0.15, -0.1) is 0 Å². The first-order valence-electron chi connectivity index (χ1n) is 8.44. The molecule has 0 aliphatic rings. The fourth-order valence-electron chi connectivity index (χ4n) is 2.99. The first kappa shape index (κ1) is 17.6. The number of hydrogen-bond acceptors (Lipinski definition) is 7. The molecule has 0 radical (unpaired) electrons. The second-order valence-electron chi connectivity index (χ2n) is 6.14. The number of hydrogen-bond donors (Lipinski definition) is 3. The number of rotatable bonds is 4. The predicted octanol–water partition coefficient (Wildman–Crippen LogP) is 0.670. The van der Waals surface area contributed by atoms with Gasteiger partial charge in [0, 0.05) is 18.8 Å². The topological polar surface area (TPSA) is 139 Å². The minimum absolute atomic E-state index is 0.00890. The molecule has 28 heavy (non-hydrogen) atoms. The van der Waals surface area contributed by atoms with Crippen molar-refractivity contribution < 1.29 is 14.4 Å². The highest BCUT2D eigenvalue weighted by atomic mass is 16.5. The molecule has 142 valence electrons. The maximum atomic E-state index is 12.9. The van der Waals surface area contributed by atoms with Crippen LogP contribution >= 0.6 is 0 Å². The van der Waals surface area contributed by atoms with Gasteiger partial charge in [0.05, 0.1) is 17.6 Å². The summed E-state index contributed by atoms with van der Waals surface area (Å²) in [5.41, 5.74) is 0.0342. The first-order chi connectivity index (χ1) is 13.5. The Bertz CT molecular complexity index is 1330. The smallest absolute Gasteiger partial charge is 0.267 e. The molecule has 0 saturated carbocycles. The summed E-state index contributed by atoms with van der Waals surface area (Å²) in [5.74, 6) is 0.0951. The Labute approximate surface area is 157 Å². The van der Waals surface area contributed by atoms with Crippen LogP contribution in [0.2, 0.25) is 0 Å². The Balaban J connectivity index is 1.96. The monoisotopic (exact) mass is 380 g/mol. The Morgan fingerprint density at radius 1 is 1.36 bits per heavy atom. The SMILES string of the molecule is Cc1cc(NC(=O)c2cc3c(=O)n4ccccc4nc3n(CCO)c2=N)no1. The van der Waals surface area contributed by atoms with Gasteiger partial charge < -0.3 is 19.5 Å². The third-order valence-electron chi connectivity index (χ3n) is 4.26. The summed E-state index contributed by atoms with van der Waals surface area (Å²) in [6, 6.07) is 7.98. The van der Waals surface area contributed by atoms with Crippen molar-refractivity contribution in [1.29, 1.82) is 5.41 Å². The van der Waals surface area contributed by atoms with Crippen LogP contribution in [0, 0.1) is 12.3 Å². The van der Waals surface area contributed by atoms with E-state index in [1.54, 1.807) is 31.3 Å². The van der Waals surface area contributed by atoms with Crippen molar-refractivity contribution in [3.63, 3.8) is 0 Å². The van der Waals surface area contributed by atoms with Crippen LogP contribution in [0.3, 0.4) is 0 Å². The Morgan fingerprint density at radius 2 is 2.18 bits per heavy atom. The molecule has 4 heterocycles. The quantitative estimate of drug-likeness (QED) is 0.445. The molecule has 0 bridgehead atoms. The number of carbonyl (C=O) groups excluding carboxylic acids is 1. The molecule has 0 saturated heterocycles. The Morgan fingerprint density at radius 3 is 2.89 bits per heavy atom. The molecule has 0 unspecified atom stereocenters. The van der Waals surface area contributed by atoms with E-state index in [4.69, 9.17) is 9.93 Å². The molecule has 0 aliphatic heterocycles. The molecular weight excluding hydrogens is 364 g/mol. The molecule has 0 aliphatic carbocycles. The lowest BCUT2D eigenvalue weighted by Gasteiger charge is -2.13. The van der Waals surface area contributed by atoms with Gasteiger partial charge in [-0.2, -0.15) is 0 Å². The van der Waals surface area contributed by atoms with Crippen molar-refractivity contribution in [2.75, 3.05) is 11.9 Å². The van der Waals surface area contributed by atoms with E-state index in [1.165, 1.54) is 21.1 Å². The zero-order chi connectivity index (χ0) is 19.8. The fraction of sp³-hybridized carbons (Fsp3) is 0.167. The second kappa shape index (κ2) is 6.74. The second-order valence-corrected chi connectivity index (χ2v) is 6.14. The molecule has 4 rings (SSSR count). The summed E-state index contributed by atoms with van der Waals surface area (Å²) in [5, 5.41) is 24.2. The van der Waals surface area contributed by atoms with Gasteiger partial charge >= 0.3 is 0 Å². The molecular formula is C18H16N6O4. The van der Waals surface area contributed by atoms with E-state index in [-0.39, 0.29) is 46.6 Å². The van der Waals surface area contributed by atoms with Gasteiger partial charge in [0.15, 0.2) is 5.82 Å². The molecule has 10 heteroatoms. The Kier molecular flexibility index (Phi) is 4.24. The van der Waals surface area contributed by atoms with Crippen molar-refractivity contribution in [2.45, 2.75) is 13.5 Å². The van der Waals surface area contributed by atoms with Crippen molar-refractivity contribution >= 4 is 28.4 Å². The summed E-state index contributed by atoms with van der Waals surface area (Å²) >= 11 is 0. The highest BCUT2D eigenvalue weighted by molar-refractivity contribution is 6.05. The third kappa shape index (κ3) is 2.85. The summed E-state index contributed by atoms with van der Waals surface area (Å²) < 4.78 is 7.62. The molecule has 0 atom stereocenters. The number of amides is 1. The van der Waals surface area contributed by atoms with E-state index in [0.717, 1.165) is 0 Å². The largest absolute Gasteiger partial charge is 0.395 e. The van der Waals surface area contributed by atoms with Crippen LogP contribution in [-0.2, 0) is 6.54 Å². The summed E-state index contributed by atoms with van der Waals surface area (Å²) in [7, 11) is 0. The van der Waals surface area contributed by atoms with Gasteiger partial charge in [-0.25, -0.2) is 4.98 Å². The lowest BCUT2D eigenvalue weighted by molar-refractivity contribution is 0.102. The highest BCUT2D eigenvalue weighted by Gasteiger charge is 2.18. The van der Waals surface area contributed by atoms with Crippen LogP contribution < -0.4 is 16.4 Å². The van der Waals surface area contributed by atoms with Crippen LogP contribution in [0.5, 0.6) is 0 Å². The molecule has 3 N–H and O–H groups in total. The summed E-state index contributed by atoms with van der Waals surface area (Å²) in [4.78, 5) is 30.1. The van der Waals surface area contributed by atoms with E-state index >= 15 is 0 Å². The number of aromatic nitrogens is 4. The van der Waals surface area contributed by atoms with Gasteiger partial charge in [0.1, 0.15) is 22.5 Å². The van der Waals surface area contributed by atoms with E-state index in [0.29, 0.717) is 11.4 Å². The minimum Gasteiger partial charge on any atom is -0.395 e. The van der Waals surface area contributed by atoms with Gasteiger partial charge in [0.25, 0.3) is 11.5 Å². The van der Waals surface area contributed by atoms with Crippen LogP contribution in [0.25, 0.3) is 16.7 Å². The molecule has 0 aromatic carbocycles. The summed E-state index contributed by atoms with van der Waals surface area (Å²) in [6.45, 7) is 1.41. The van der Waals surface area contributed by atoms with Gasteiger partial charge in [0.2, 0.25) is 0 Å². The number of fused-ring (bicyclic) bond motifs is 2. The van der Waals surface area contributed by atoms with Gasteiger partial charge in [-0.05, 0) is 25.1 Å². The molecule has 10 nitrogen and oxygen atoms in total. The van der Waals surface area contributed by atoms with Crippen LogP contribution in [0.15, 0.2) is 45.8 Å². The summed E-state index contributed by atoms with van der Waals surface area (Å²) in [6.07, 6.45) is 1.58. The predicted molar refractivity (Wildman–Crippen MR) is 99.1 cm³/mol. The zero-order valence-electron chi connectivity index (χ0n) is 14.8. The van der Waals surface area contributed by atoms with Gasteiger partial charge in [-0.1, -0.05) is 11.2 Å². The Hall–Kier alpha value is -3.79. The van der Waals surface area contributed by atoms with E-state index in [9.17, 15) is 14.7 Å². The number of aliphatic hydroxyl groups is 1. The maximum Gasteiger partial charge on any atom is 0.267 e. The van der Waals surface area contributed by atoms with Crippen molar-refractivity contribution in [3.8, 4) is 0 Å². The third-order valence-corrected chi connectivity index (χ3v) is 4.26. The number of anilines is 1. The van der Waals surface area contributed by atoms with Gasteiger partial charge in [-0.3, -0.25) is 19.4 Å². The molecule has 0 spiro atoms. The molecule has 1 amide bonds. The first-order valence-corrected chi connectivity index (χ1v) is 8.44. The minimum atomic E-state index is -0.621. The number of aryl methyl sites for hydroxylation is 1. The highest BCUT2D eigenvalue weighted by Crippen LogP contribution is 2.12. The standard InChI is InChI=1S/C18H16N6O4/c1-10-8-13(22-28-10)20-17(26)11-9-12-16(24(6-7-25)15(11)19)21-14-4-2-3-5-23(14)18(12)27/h2-5,8-9,19,25H,6-7H2,1H3,(H,20,22,26). The molecule has 4 aromatic heterocycles. The van der Waals surface area contributed by atoms with E-state index in [2.05, 4.69) is 15.5 Å². The van der Waals surface area contributed by atoms with Crippen LogP contribution in [0.1, 0.15) is 16.1 Å². The van der Waals surface area contributed by atoms with Crippen molar-refractivity contribution in [3.05, 3.63) is 63.7 Å². The number of pyridine rings is 2. The van der Waals surface area contributed by atoms with E-state index < -0.39 is 5.91 Å². The number of carbonyl (C=O) groups is 1. The lowest BCUT2D eigenvalue weighted by atomic mass is 10.2. The van der Waals surface area contributed by atoms with Crippen LogP contribution in [-0.4, -0.2) is 36.7 Å². The fourth-order valence-corrected chi connectivity index (χ4v) is 2.99. The van der Waals surface area contributed by atoms with Crippen LogP contribution in [0.4, 0.5) is 5.82 Å².